The third-order valence-corrected chi connectivity index (χ3v) is 4.13. The summed E-state index contributed by atoms with van der Waals surface area (Å²) in [4.78, 5) is 3.85. The Morgan fingerprint density at radius 3 is 2.60 bits per heavy atom. The summed E-state index contributed by atoms with van der Waals surface area (Å²) in [7, 11) is -3.17. The first-order chi connectivity index (χ1) is 9.47. The number of alkyl halides is 3. The highest BCUT2D eigenvalue weighted by Crippen LogP contribution is 2.34. The molecule has 1 aromatic heterocycles. The molecule has 1 aliphatic heterocycles. The maximum Gasteiger partial charge on any atom is 0.479 e. The fraction of sp³-hybridized carbons (Fsp3) is 0.333. The van der Waals surface area contributed by atoms with Gasteiger partial charge in [-0.3, -0.25) is 0 Å². The van der Waals surface area contributed by atoms with Crippen molar-refractivity contribution >= 4 is 10.8 Å². The van der Waals surface area contributed by atoms with Crippen molar-refractivity contribution in [2.75, 3.05) is 0 Å². The van der Waals surface area contributed by atoms with E-state index in [4.69, 9.17) is 0 Å². The molecule has 2 unspecified atom stereocenters. The van der Waals surface area contributed by atoms with Gasteiger partial charge in [0.25, 0.3) is 0 Å². The quantitative estimate of drug-likeness (QED) is 0.856. The van der Waals surface area contributed by atoms with Gasteiger partial charge in [-0.15, -0.1) is 5.10 Å². The Morgan fingerprint density at radius 2 is 1.95 bits per heavy atom. The molecule has 0 fully saturated rings. The number of rotatable bonds is 2. The molecule has 4 nitrogen and oxygen atoms in total. The molecule has 0 N–H and O–H groups in total. The fourth-order valence-corrected chi connectivity index (χ4v) is 2.87. The Labute approximate surface area is 115 Å². The number of benzene rings is 1. The SMILES string of the molecule is O=S(c1nc2n(n1)CCC2c1ccccc1)C(F)(F)F. The van der Waals surface area contributed by atoms with Gasteiger partial charge in [0.1, 0.15) is 5.82 Å². The van der Waals surface area contributed by atoms with Gasteiger partial charge in [-0.25, -0.2) is 13.9 Å². The first-order valence-corrected chi connectivity index (χ1v) is 7.10. The molecule has 0 aliphatic carbocycles. The molecule has 20 heavy (non-hydrogen) atoms. The summed E-state index contributed by atoms with van der Waals surface area (Å²) < 4.78 is 50.0. The van der Waals surface area contributed by atoms with E-state index in [1.807, 2.05) is 30.3 Å². The summed E-state index contributed by atoms with van der Waals surface area (Å²) in [5.41, 5.74) is -3.85. The van der Waals surface area contributed by atoms with Gasteiger partial charge < -0.3 is 0 Å². The standard InChI is InChI=1S/C12H10F3N3OS/c13-12(14,15)20(19)11-16-10-9(6-7-18(10)17-11)8-4-2-1-3-5-8/h1-5,9H,6-7H2. The van der Waals surface area contributed by atoms with Crippen LogP contribution in [0.3, 0.4) is 0 Å². The van der Waals surface area contributed by atoms with Crippen molar-refractivity contribution in [3.8, 4) is 0 Å². The molecule has 0 saturated carbocycles. The fourth-order valence-electron chi connectivity index (χ4n) is 2.32. The van der Waals surface area contributed by atoms with Gasteiger partial charge >= 0.3 is 5.51 Å². The van der Waals surface area contributed by atoms with Crippen LogP contribution in [-0.2, 0) is 17.3 Å². The van der Waals surface area contributed by atoms with Crippen molar-refractivity contribution in [2.24, 2.45) is 0 Å². The predicted octanol–water partition coefficient (Wildman–Crippen LogP) is 2.44. The zero-order chi connectivity index (χ0) is 14.3. The summed E-state index contributed by atoms with van der Waals surface area (Å²) >= 11 is 0. The summed E-state index contributed by atoms with van der Waals surface area (Å²) in [6, 6.07) is 9.39. The lowest BCUT2D eigenvalue weighted by molar-refractivity contribution is -0.0388. The van der Waals surface area contributed by atoms with E-state index in [2.05, 4.69) is 10.1 Å². The van der Waals surface area contributed by atoms with Gasteiger partial charge in [-0.05, 0) is 12.0 Å². The number of aromatic nitrogens is 3. The van der Waals surface area contributed by atoms with Crippen molar-refractivity contribution in [3.05, 3.63) is 41.7 Å². The maximum absolute atomic E-state index is 12.4. The highest BCUT2D eigenvalue weighted by atomic mass is 32.2. The van der Waals surface area contributed by atoms with E-state index in [9.17, 15) is 17.4 Å². The molecule has 1 aliphatic rings. The summed E-state index contributed by atoms with van der Waals surface area (Å²) in [6.07, 6.45) is 0.734. The molecular formula is C12H10F3N3OS. The summed E-state index contributed by atoms with van der Waals surface area (Å²) in [5, 5.41) is 3.06. The number of fused-ring (bicyclic) bond motifs is 1. The Hall–Kier alpha value is -1.70. The minimum Gasteiger partial charge on any atom is -0.248 e. The first kappa shape index (κ1) is 13.3. The third kappa shape index (κ3) is 2.24. The van der Waals surface area contributed by atoms with Crippen molar-refractivity contribution in [1.82, 2.24) is 14.8 Å². The molecule has 0 saturated heterocycles. The van der Waals surface area contributed by atoms with E-state index < -0.39 is 21.5 Å². The molecule has 0 bridgehead atoms. The second-order valence-electron chi connectivity index (χ2n) is 4.44. The van der Waals surface area contributed by atoms with Crippen LogP contribution in [0.4, 0.5) is 13.2 Å². The topological polar surface area (TPSA) is 47.8 Å². The van der Waals surface area contributed by atoms with Gasteiger partial charge in [0, 0.05) is 12.5 Å². The molecule has 0 spiro atoms. The minimum absolute atomic E-state index is 0.0947. The molecule has 106 valence electrons. The smallest absolute Gasteiger partial charge is 0.248 e. The van der Waals surface area contributed by atoms with Gasteiger partial charge in [0.2, 0.25) is 5.16 Å². The molecule has 1 aromatic carbocycles. The lowest BCUT2D eigenvalue weighted by Crippen LogP contribution is -2.18. The average Bonchev–Trinajstić information content (AvgIpc) is 2.97. The van der Waals surface area contributed by atoms with Crippen LogP contribution in [0.5, 0.6) is 0 Å². The van der Waals surface area contributed by atoms with Gasteiger partial charge in [-0.1, -0.05) is 30.3 Å². The van der Waals surface area contributed by atoms with Crippen LogP contribution in [0.2, 0.25) is 0 Å². The number of hydrogen-bond donors (Lipinski definition) is 0. The van der Waals surface area contributed by atoms with Crippen LogP contribution in [0.1, 0.15) is 23.7 Å². The van der Waals surface area contributed by atoms with Gasteiger partial charge in [0.15, 0.2) is 10.8 Å². The van der Waals surface area contributed by atoms with Crippen LogP contribution in [0.25, 0.3) is 0 Å². The lowest BCUT2D eigenvalue weighted by Gasteiger charge is -2.07. The molecule has 2 aromatic rings. The van der Waals surface area contributed by atoms with Crippen molar-refractivity contribution in [1.29, 1.82) is 0 Å². The first-order valence-electron chi connectivity index (χ1n) is 5.95. The Bertz CT molecular complexity index is 654. The van der Waals surface area contributed by atoms with Crippen LogP contribution < -0.4 is 0 Å². The van der Waals surface area contributed by atoms with E-state index in [1.165, 1.54) is 4.68 Å². The normalized spacial score (nSPS) is 19.9. The van der Waals surface area contributed by atoms with Gasteiger partial charge in [-0.2, -0.15) is 13.2 Å². The van der Waals surface area contributed by atoms with Gasteiger partial charge in [0.05, 0.1) is 0 Å². The highest BCUT2D eigenvalue weighted by Gasteiger charge is 2.42. The van der Waals surface area contributed by atoms with E-state index in [0.29, 0.717) is 12.4 Å². The zero-order valence-electron chi connectivity index (χ0n) is 10.2. The van der Waals surface area contributed by atoms with E-state index in [0.717, 1.165) is 12.0 Å². The Balaban J connectivity index is 1.95. The second kappa shape index (κ2) is 4.69. The van der Waals surface area contributed by atoms with Crippen LogP contribution in [0, 0.1) is 0 Å². The lowest BCUT2D eigenvalue weighted by atomic mass is 9.97. The minimum atomic E-state index is -4.83. The molecule has 0 radical (unpaired) electrons. The molecular weight excluding hydrogens is 291 g/mol. The van der Waals surface area contributed by atoms with Crippen LogP contribution >= 0.6 is 0 Å². The zero-order valence-corrected chi connectivity index (χ0v) is 11.0. The van der Waals surface area contributed by atoms with Crippen molar-refractivity contribution < 1.29 is 17.4 Å². The van der Waals surface area contributed by atoms with E-state index >= 15 is 0 Å². The van der Waals surface area contributed by atoms with E-state index in [1.54, 1.807) is 0 Å². The maximum atomic E-state index is 12.4. The van der Waals surface area contributed by atoms with Crippen molar-refractivity contribution in [2.45, 2.75) is 29.5 Å². The second-order valence-corrected chi connectivity index (χ2v) is 5.81. The molecule has 8 heteroatoms. The average molecular weight is 301 g/mol. The third-order valence-electron chi connectivity index (χ3n) is 3.20. The number of halogens is 3. The molecule has 2 atom stereocenters. The van der Waals surface area contributed by atoms with E-state index in [-0.39, 0.29) is 5.92 Å². The van der Waals surface area contributed by atoms with Crippen LogP contribution in [0.15, 0.2) is 35.5 Å². The number of nitrogens with zero attached hydrogens (tertiary/aromatic N) is 3. The van der Waals surface area contributed by atoms with Crippen molar-refractivity contribution in [3.63, 3.8) is 0 Å². The largest absolute Gasteiger partial charge is 0.479 e. The number of aryl methyl sites for hydroxylation is 1. The van der Waals surface area contributed by atoms with Crippen LogP contribution in [-0.4, -0.2) is 24.5 Å². The molecule has 2 heterocycles. The highest BCUT2D eigenvalue weighted by molar-refractivity contribution is 7.85. The number of hydrogen-bond acceptors (Lipinski definition) is 3. The monoisotopic (exact) mass is 301 g/mol. The Morgan fingerprint density at radius 1 is 1.25 bits per heavy atom. The Kier molecular flexibility index (Phi) is 3.12. The molecule has 0 amide bonds. The summed E-state index contributed by atoms with van der Waals surface area (Å²) in [5.74, 6) is 0.353. The predicted molar refractivity (Wildman–Crippen MR) is 65.4 cm³/mol. The summed E-state index contributed by atoms with van der Waals surface area (Å²) in [6.45, 7) is 0.483. The molecule has 3 rings (SSSR count).